The third kappa shape index (κ3) is 6.54. The molecule has 0 aromatic heterocycles. The summed E-state index contributed by atoms with van der Waals surface area (Å²) >= 11 is 0. The number of carbonyl (C=O) groups excluding carboxylic acids is 1. The van der Waals surface area contributed by atoms with Crippen molar-refractivity contribution in [2.75, 3.05) is 27.4 Å². The molecule has 0 saturated carbocycles. The zero-order chi connectivity index (χ0) is 24.3. The van der Waals surface area contributed by atoms with E-state index in [1.54, 1.807) is 0 Å². The summed E-state index contributed by atoms with van der Waals surface area (Å²) in [6.07, 6.45) is 1.38. The second-order valence-corrected chi connectivity index (χ2v) is 7.60. The number of esters is 1. The Morgan fingerprint density at radius 2 is 1.47 bits per heavy atom. The predicted octanol–water partition coefficient (Wildman–Crippen LogP) is 5.50. The average Bonchev–Trinajstić information content (AvgIpc) is 2.86. The van der Waals surface area contributed by atoms with Gasteiger partial charge in [0.15, 0.2) is 0 Å². The third-order valence-corrected chi connectivity index (χ3v) is 5.14. The highest BCUT2D eigenvalue weighted by Gasteiger charge is 2.17. The second-order valence-electron chi connectivity index (χ2n) is 7.60. The van der Waals surface area contributed by atoms with Gasteiger partial charge in [-0.3, -0.25) is 0 Å². The lowest BCUT2D eigenvalue weighted by molar-refractivity contribution is -0.133. The summed E-state index contributed by atoms with van der Waals surface area (Å²) in [6, 6.07) is 21.1. The smallest absolute Gasteiger partial charge is 0.341 e. The van der Waals surface area contributed by atoms with Gasteiger partial charge in [0.25, 0.3) is 0 Å². The molecule has 6 heteroatoms. The van der Waals surface area contributed by atoms with Crippen LogP contribution in [-0.4, -0.2) is 33.4 Å². The van der Waals surface area contributed by atoms with Crippen LogP contribution in [0.4, 0.5) is 0 Å². The van der Waals surface area contributed by atoms with Gasteiger partial charge in [0.2, 0.25) is 0 Å². The second kappa shape index (κ2) is 12.3. The SMILES string of the molecule is CO/C=C(/C(=O)OC)c1ccccc1COc1cc(C)cc(OCCOc2ccccc2)c1C. The average molecular weight is 463 g/mol. The lowest BCUT2D eigenvalue weighted by Crippen LogP contribution is -2.10. The van der Waals surface area contributed by atoms with E-state index in [0.717, 1.165) is 28.2 Å². The van der Waals surface area contributed by atoms with Crippen molar-refractivity contribution in [2.45, 2.75) is 20.5 Å². The Balaban J connectivity index is 1.70. The molecule has 178 valence electrons. The minimum atomic E-state index is -0.477. The summed E-state index contributed by atoms with van der Waals surface area (Å²) in [4.78, 5) is 12.2. The van der Waals surface area contributed by atoms with Gasteiger partial charge in [0, 0.05) is 5.56 Å². The predicted molar refractivity (Wildman–Crippen MR) is 131 cm³/mol. The summed E-state index contributed by atoms with van der Waals surface area (Å²) in [5.74, 6) is 1.79. The molecule has 0 atom stereocenters. The first-order valence-corrected chi connectivity index (χ1v) is 11.0. The van der Waals surface area contributed by atoms with Crippen molar-refractivity contribution >= 4 is 11.5 Å². The number of carbonyl (C=O) groups is 1. The van der Waals surface area contributed by atoms with Crippen LogP contribution in [0.2, 0.25) is 0 Å². The number of benzene rings is 3. The molecular weight excluding hydrogens is 432 g/mol. The molecule has 0 radical (unpaired) electrons. The Morgan fingerprint density at radius 3 is 2.18 bits per heavy atom. The molecule has 6 nitrogen and oxygen atoms in total. The Bertz CT molecular complexity index is 1120. The first-order chi connectivity index (χ1) is 16.5. The summed E-state index contributed by atoms with van der Waals surface area (Å²) < 4.78 is 27.9. The van der Waals surface area contributed by atoms with Crippen LogP contribution in [0.3, 0.4) is 0 Å². The summed E-state index contributed by atoms with van der Waals surface area (Å²) in [5, 5.41) is 0. The van der Waals surface area contributed by atoms with Crippen LogP contribution in [0.15, 0.2) is 73.0 Å². The van der Waals surface area contributed by atoms with E-state index in [2.05, 4.69) is 0 Å². The molecule has 0 amide bonds. The van der Waals surface area contributed by atoms with Gasteiger partial charge in [-0.25, -0.2) is 4.79 Å². The number of para-hydroxylation sites is 1. The van der Waals surface area contributed by atoms with Crippen molar-refractivity contribution in [3.8, 4) is 17.2 Å². The van der Waals surface area contributed by atoms with Gasteiger partial charge >= 0.3 is 5.97 Å². The highest BCUT2D eigenvalue weighted by atomic mass is 16.5. The summed E-state index contributed by atoms with van der Waals surface area (Å²) in [6.45, 7) is 5.05. The zero-order valence-electron chi connectivity index (χ0n) is 20.0. The molecule has 0 bridgehead atoms. The number of rotatable bonds is 11. The Hall–Kier alpha value is -3.93. The van der Waals surface area contributed by atoms with E-state index < -0.39 is 5.97 Å². The zero-order valence-corrected chi connectivity index (χ0v) is 20.0. The molecule has 34 heavy (non-hydrogen) atoms. The van der Waals surface area contributed by atoms with Gasteiger partial charge in [-0.2, -0.15) is 0 Å². The largest absolute Gasteiger partial charge is 0.503 e. The van der Waals surface area contributed by atoms with E-state index in [9.17, 15) is 4.79 Å². The number of hydrogen-bond acceptors (Lipinski definition) is 6. The van der Waals surface area contributed by atoms with Crippen LogP contribution >= 0.6 is 0 Å². The number of methoxy groups -OCH3 is 2. The molecule has 0 aliphatic rings. The molecule has 3 aromatic rings. The molecule has 0 spiro atoms. The Morgan fingerprint density at radius 1 is 0.824 bits per heavy atom. The van der Waals surface area contributed by atoms with Crippen molar-refractivity contribution in [1.29, 1.82) is 0 Å². The molecule has 0 heterocycles. The van der Waals surface area contributed by atoms with Gasteiger partial charge in [0.05, 0.1) is 20.5 Å². The number of hydrogen-bond donors (Lipinski definition) is 0. The van der Waals surface area contributed by atoms with Crippen LogP contribution < -0.4 is 14.2 Å². The van der Waals surface area contributed by atoms with Crippen LogP contribution in [0.5, 0.6) is 17.2 Å². The normalized spacial score (nSPS) is 11.0. The van der Waals surface area contributed by atoms with E-state index in [1.807, 2.05) is 80.6 Å². The molecule has 0 aliphatic heterocycles. The standard InChI is InChI=1S/C28H30O6/c1-20-16-26(33-15-14-32-23-11-6-5-7-12-23)21(2)27(17-20)34-18-22-10-8-9-13-24(22)25(19-30-3)28(29)31-4/h5-13,16-17,19H,14-15,18H2,1-4H3/b25-19+. The van der Waals surface area contributed by atoms with Crippen LogP contribution in [-0.2, 0) is 20.9 Å². The van der Waals surface area contributed by atoms with E-state index in [-0.39, 0.29) is 6.61 Å². The maximum atomic E-state index is 12.2. The Kier molecular flexibility index (Phi) is 8.97. The quantitative estimate of drug-likeness (QED) is 0.162. The van der Waals surface area contributed by atoms with Crippen molar-refractivity contribution < 1.29 is 28.5 Å². The molecule has 0 fully saturated rings. The monoisotopic (exact) mass is 462 g/mol. The maximum Gasteiger partial charge on any atom is 0.341 e. The Labute approximate surface area is 200 Å². The fraction of sp³-hybridized carbons (Fsp3) is 0.250. The maximum absolute atomic E-state index is 12.2. The summed E-state index contributed by atoms with van der Waals surface area (Å²) in [7, 11) is 2.83. The van der Waals surface area contributed by atoms with Crippen LogP contribution in [0.25, 0.3) is 5.57 Å². The third-order valence-electron chi connectivity index (χ3n) is 5.14. The van der Waals surface area contributed by atoms with Gasteiger partial charge in [0.1, 0.15) is 42.6 Å². The van der Waals surface area contributed by atoms with Crippen molar-refractivity contribution in [2.24, 2.45) is 0 Å². The van der Waals surface area contributed by atoms with E-state index in [0.29, 0.717) is 30.1 Å². The molecule has 3 aromatic carbocycles. The van der Waals surface area contributed by atoms with Crippen LogP contribution in [0.1, 0.15) is 22.3 Å². The van der Waals surface area contributed by atoms with E-state index >= 15 is 0 Å². The van der Waals surface area contributed by atoms with Crippen molar-refractivity contribution in [3.05, 3.63) is 95.2 Å². The molecule has 0 aliphatic carbocycles. The van der Waals surface area contributed by atoms with Crippen LogP contribution in [0, 0.1) is 13.8 Å². The minimum absolute atomic E-state index is 0.259. The lowest BCUT2D eigenvalue weighted by atomic mass is 10.0. The summed E-state index contributed by atoms with van der Waals surface area (Å²) in [5.41, 5.74) is 3.75. The molecular formula is C28H30O6. The molecule has 0 N–H and O–H groups in total. The van der Waals surface area contributed by atoms with E-state index in [1.165, 1.54) is 20.5 Å². The van der Waals surface area contributed by atoms with Gasteiger partial charge in [-0.1, -0.05) is 42.5 Å². The first kappa shape index (κ1) is 24.7. The number of ether oxygens (including phenoxy) is 5. The molecule has 3 rings (SSSR count). The van der Waals surface area contributed by atoms with Gasteiger partial charge < -0.3 is 23.7 Å². The number of aryl methyl sites for hydroxylation is 1. The van der Waals surface area contributed by atoms with E-state index in [4.69, 9.17) is 23.7 Å². The molecule has 0 saturated heterocycles. The lowest BCUT2D eigenvalue weighted by Gasteiger charge is -2.17. The first-order valence-electron chi connectivity index (χ1n) is 11.0. The topological polar surface area (TPSA) is 63.2 Å². The van der Waals surface area contributed by atoms with Crippen molar-refractivity contribution in [1.82, 2.24) is 0 Å². The van der Waals surface area contributed by atoms with Crippen molar-refractivity contribution in [3.63, 3.8) is 0 Å². The van der Waals surface area contributed by atoms with Gasteiger partial charge in [-0.05, 0) is 54.8 Å². The highest BCUT2D eigenvalue weighted by molar-refractivity contribution is 6.16. The molecule has 0 unspecified atom stereocenters. The fourth-order valence-corrected chi connectivity index (χ4v) is 3.43. The minimum Gasteiger partial charge on any atom is -0.503 e. The van der Waals surface area contributed by atoms with Gasteiger partial charge in [-0.15, -0.1) is 0 Å². The fourth-order valence-electron chi connectivity index (χ4n) is 3.43. The highest BCUT2D eigenvalue weighted by Crippen LogP contribution is 2.31.